The zero-order valence-electron chi connectivity index (χ0n) is 37.8. The molecule has 0 saturated heterocycles. The van der Waals surface area contributed by atoms with E-state index in [1.54, 1.807) is 0 Å². The molecule has 0 atom stereocenters. The number of benzene rings is 6. The molecule has 2 radical (unpaired) electrons. The topological polar surface area (TPSA) is 26.3 Å². The van der Waals surface area contributed by atoms with Gasteiger partial charge in [-0.15, -0.1) is 82.8 Å². The van der Waals surface area contributed by atoms with E-state index >= 15 is 0 Å². The fourth-order valence-corrected chi connectivity index (χ4v) is 8.33. The van der Waals surface area contributed by atoms with Crippen LogP contribution in [0.15, 0.2) is 179 Å². The molecule has 10 rings (SSSR count). The van der Waals surface area contributed by atoms with Crippen LogP contribution in [0.25, 0.3) is 88.7 Å². The zero-order chi connectivity index (χ0) is 41.9. The molecule has 0 N–H and O–H groups in total. The fourth-order valence-electron chi connectivity index (χ4n) is 8.33. The van der Waals surface area contributed by atoms with Crippen molar-refractivity contribution in [2.24, 2.45) is 0 Å². The molecule has 2 nitrogen and oxygen atoms in total. The molecule has 0 aliphatic rings. The van der Waals surface area contributed by atoms with Crippen molar-refractivity contribution in [2.45, 2.75) is 41.5 Å². The number of hydrogen-bond donors (Lipinski definition) is 0. The fraction of sp³-hybridized carbons (Fsp3) is 0.103. The monoisotopic (exact) mass is 970 g/mol. The third-order valence-electron chi connectivity index (χ3n) is 11.7. The summed E-state index contributed by atoms with van der Waals surface area (Å²) in [5, 5.41) is 5.09. The first kappa shape index (κ1) is 51.4. The summed E-state index contributed by atoms with van der Waals surface area (Å²) >= 11 is 1.36. The standard InChI is InChI=1S/2C28H23O.2CH3.2ClH.Si.Zr/c2*1-18-15-24-16-25(27-14-9-19(2)29-27)17-26(24)28(20(18)3)23-12-10-22(11-13-23)21-7-5-4-6-8-21;;;;;;/h2*4-17H,1-3H3;2*1H3;2*1H;;/q4*-1;;;;. The average molecular weight is 973 g/mol. The summed E-state index contributed by atoms with van der Waals surface area (Å²) in [5.41, 5.74) is 17.7. The summed E-state index contributed by atoms with van der Waals surface area (Å²) in [6.07, 6.45) is 0. The van der Waals surface area contributed by atoms with Crippen molar-refractivity contribution in [1.29, 1.82) is 0 Å². The molecule has 0 unspecified atom stereocenters. The van der Waals surface area contributed by atoms with Gasteiger partial charge in [0.05, 0.1) is 23.0 Å². The summed E-state index contributed by atoms with van der Waals surface area (Å²) in [5.74, 6) is 3.74. The Labute approximate surface area is 409 Å². The summed E-state index contributed by atoms with van der Waals surface area (Å²) < 4.78 is 11.7. The van der Waals surface area contributed by atoms with Crippen LogP contribution in [0.3, 0.4) is 0 Å². The Morgan fingerprint density at radius 2 is 0.703 bits per heavy atom. The van der Waals surface area contributed by atoms with Gasteiger partial charge >= 0.3 is 30.2 Å². The minimum absolute atomic E-state index is 0. The molecule has 0 bridgehead atoms. The van der Waals surface area contributed by atoms with Crippen LogP contribution in [0.2, 0.25) is 0 Å². The Balaban J connectivity index is 0.000000255. The normalized spacial score (nSPS) is 10.3. The number of halogens is 2. The summed E-state index contributed by atoms with van der Waals surface area (Å²) in [7, 11) is 0. The van der Waals surface area contributed by atoms with Gasteiger partial charge in [0.1, 0.15) is 0 Å². The predicted molar refractivity (Wildman–Crippen MR) is 278 cm³/mol. The van der Waals surface area contributed by atoms with E-state index < -0.39 is 0 Å². The molecule has 0 aliphatic heterocycles. The van der Waals surface area contributed by atoms with E-state index in [9.17, 15) is 0 Å². The molecule has 2 aromatic heterocycles. The first-order valence-electron chi connectivity index (χ1n) is 20.3. The van der Waals surface area contributed by atoms with E-state index in [-0.39, 0.29) is 39.7 Å². The number of furan rings is 2. The van der Waals surface area contributed by atoms with E-state index in [2.05, 4.69) is 192 Å². The van der Waals surface area contributed by atoms with Gasteiger partial charge in [-0.3, -0.25) is 0 Å². The van der Waals surface area contributed by atoms with Crippen molar-refractivity contribution in [3.8, 4) is 67.2 Å². The second-order valence-electron chi connectivity index (χ2n) is 15.6. The Kier molecular flexibility index (Phi) is 18.2. The van der Waals surface area contributed by atoms with Crippen LogP contribution in [0.5, 0.6) is 0 Å². The molecule has 0 spiro atoms. The Bertz CT molecular complexity index is 2850. The van der Waals surface area contributed by atoms with Gasteiger partial charge in [0.2, 0.25) is 0 Å². The van der Waals surface area contributed by atoms with Crippen LogP contribution in [0.1, 0.15) is 33.8 Å². The van der Waals surface area contributed by atoms with E-state index in [1.165, 1.54) is 112 Å². The van der Waals surface area contributed by atoms with Crippen molar-refractivity contribution < 1.29 is 32.2 Å². The molecular formula is C58H54Cl2O2SiZr-4. The van der Waals surface area contributed by atoms with Crippen LogP contribution >= 0.6 is 24.8 Å². The second-order valence-corrected chi connectivity index (χ2v) is 15.6. The number of aryl methyl sites for hydroxylation is 4. The van der Waals surface area contributed by atoms with E-state index in [0.29, 0.717) is 0 Å². The number of hydrogen-bond acceptors (Lipinski definition) is 2. The molecule has 10 aromatic rings. The van der Waals surface area contributed by atoms with Crippen molar-refractivity contribution in [3.05, 3.63) is 218 Å². The molecule has 0 aliphatic carbocycles. The first-order valence-corrected chi connectivity index (χ1v) is 24.5. The van der Waals surface area contributed by atoms with Gasteiger partial charge in [-0.1, -0.05) is 143 Å². The van der Waals surface area contributed by atoms with Gasteiger partial charge in [0, 0.05) is 0 Å². The van der Waals surface area contributed by atoms with Crippen molar-refractivity contribution >= 4 is 53.2 Å². The van der Waals surface area contributed by atoms with Gasteiger partial charge < -0.3 is 23.7 Å². The van der Waals surface area contributed by atoms with Gasteiger partial charge in [-0.25, -0.2) is 0 Å². The van der Waals surface area contributed by atoms with Gasteiger partial charge in [0.15, 0.2) is 0 Å². The second kappa shape index (κ2) is 22.6. The Hall–Kier alpha value is -5.22. The van der Waals surface area contributed by atoms with Crippen LogP contribution in [-0.4, -0.2) is 6.88 Å². The van der Waals surface area contributed by atoms with Crippen molar-refractivity contribution in [2.75, 3.05) is 0 Å². The van der Waals surface area contributed by atoms with Crippen LogP contribution < -0.4 is 0 Å². The molecule has 0 saturated carbocycles. The number of fused-ring (bicyclic) bond motifs is 2. The predicted octanol–water partition coefficient (Wildman–Crippen LogP) is 17.5. The summed E-state index contributed by atoms with van der Waals surface area (Å²) in [4.78, 5) is 0. The Morgan fingerprint density at radius 1 is 0.391 bits per heavy atom. The molecule has 0 amide bonds. The van der Waals surface area contributed by atoms with Crippen molar-refractivity contribution in [3.63, 3.8) is 0 Å². The summed E-state index contributed by atoms with van der Waals surface area (Å²) in [6, 6.07) is 60.6. The molecule has 0 fully saturated rings. The zero-order valence-corrected chi connectivity index (χ0v) is 42.9. The first-order chi connectivity index (χ1) is 29.2. The maximum atomic E-state index is 5.87. The molecular weight excluding hydrogens is 919 g/mol. The van der Waals surface area contributed by atoms with Crippen molar-refractivity contribution in [1.82, 2.24) is 0 Å². The summed E-state index contributed by atoms with van der Waals surface area (Å²) in [6.45, 7) is 15.9. The SMILES string of the molecule is Cc1ccc(-c2cc3c(-c4ccc(-c5ccccc5)cc4)c(C)c(C)cc3[cH-]2)o1.Cc1ccc(-c2cc3c(-c4ccc(-c5ccccc5)cc4)c(C)c(C)cc3[cH-]2)o1.Cl.Cl.[CH3-].[CH3-].[Si]=[Zr]. The van der Waals surface area contributed by atoms with Crippen LogP contribution in [0, 0.1) is 56.4 Å². The van der Waals surface area contributed by atoms with E-state index in [1.807, 2.05) is 26.0 Å². The molecule has 324 valence electrons. The quantitative estimate of drug-likeness (QED) is 0.123. The van der Waals surface area contributed by atoms with E-state index in [4.69, 9.17) is 8.83 Å². The third kappa shape index (κ3) is 10.7. The maximum absolute atomic E-state index is 5.87. The van der Waals surface area contributed by atoms with Crippen LogP contribution in [0.4, 0.5) is 0 Å². The molecule has 8 aromatic carbocycles. The van der Waals surface area contributed by atoms with E-state index in [0.717, 1.165) is 34.2 Å². The average Bonchev–Trinajstić information content (AvgIpc) is 4.11. The molecule has 64 heavy (non-hydrogen) atoms. The third-order valence-corrected chi connectivity index (χ3v) is 11.7. The Morgan fingerprint density at radius 3 is 1.02 bits per heavy atom. The number of rotatable bonds is 6. The van der Waals surface area contributed by atoms with Gasteiger partial charge in [-0.2, -0.15) is 0 Å². The van der Waals surface area contributed by atoms with Gasteiger partial charge in [0.25, 0.3) is 0 Å². The molecule has 6 heteroatoms. The van der Waals surface area contributed by atoms with Crippen LogP contribution in [-0.2, 0) is 23.3 Å². The van der Waals surface area contributed by atoms with Gasteiger partial charge in [-0.05, 0) is 110 Å². The molecule has 2 heterocycles. The minimum atomic E-state index is 0.